The number of benzene rings is 2. The lowest BCUT2D eigenvalue weighted by Gasteiger charge is -2.20. The van der Waals surface area contributed by atoms with Gasteiger partial charge in [-0.25, -0.2) is 19.0 Å². The second-order valence-electron chi connectivity index (χ2n) is 8.55. The highest BCUT2D eigenvalue weighted by molar-refractivity contribution is 6.31. The van der Waals surface area contributed by atoms with E-state index in [2.05, 4.69) is 10.1 Å². The third kappa shape index (κ3) is 4.44. The van der Waals surface area contributed by atoms with Crippen LogP contribution in [-0.4, -0.2) is 48.3 Å². The summed E-state index contributed by atoms with van der Waals surface area (Å²) >= 11 is 6.40. The molecule has 1 aliphatic rings. The van der Waals surface area contributed by atoms with Gasteiger partial charge in [0.25, 0.3) is 5.91 Å². The van der Waals surface area contributed by atoms with Crippen LogP contribution in [0.4, 0.5) is 4.39 Å². The number of para-hydroxylation sites is 1. The number of rotatable bonds is 6. The van der Waals surface area contributed by atoms with E-state index < -0.39 is 11.9 Å². The molecule has 1 fully saturated rings. The fourth-order valence-electron chi connectivity index (χ4n) is 4.39. The van der Waals surface area contributed by atoms with Gasteiger partial charge in [0.15, 0.2) is 5.82 Å². The molecular weight excluding hydrogens is 473 g/mol. The number of ether oxygens (including phenoxy) is 1. The number of aliphatic hydroxyl groups is 1. The number of aryl methyl sites for hydroxylation is 2. The van der Waals surface area contributed by atoms with Crippen molar-refractivity contribution in [2.75, 3.05) is 6.54 Å². The fraction of sp³-hybridized carbons (Fsp3) is 0.280. The van der Waals surface area contributed by atoms with Crippen LogP contribution >= 0.6 is 11.6 Å². The van der Waals surface area contributed by atoms with Crippen molar-refractivity contribution in [2.45, 2.75) is 32.6 Å². The molecular formula is C25H23ClFN5O3. The van der Waals surface area contributed by atoms with Gasteiger partial charge >= 0.3 is 0 Å². The van der Waals surface area contributed by atoms with Gasteiger partial charge in [-0.2, -0.15) is 5.10 Å². The number of carbonyl (C=O) groups is 1. The van der Waals surface area contributed by atoms with Gasteiger partial charge in [0, 0.05) is 42.3 Å². The average molecular weight is 496 g/mol. The van der Waals surface area contributed by atoms with Crippen molar-refractivity contribution in [3.05, 3.63) is 70.4 Å². The number of hydrogen-bond donors (Lipinski definition) is 1. The molecule has 35 heavy (non-hydrogen) atoms. The third-order valence-corrected chi connectivity index (χ3v) is 6.48. The molecule has 0 saturated carbocycles. The van der Waals surface area contributed by atoms with Crippen LogP contribution in [0.5, 0.6) is 5.75 Å². The molecule has 0 radical (unpaired) electrons. The molecule has 180 valence electrons. The number of likely N-dealkylation sites (tertiary alicyclic amines) is 1. The minimum absolute atomic E-state index is 0.0487. The lowest BCUT2D eigenvalue weighted by molar-refractivity contribution is -0.134. The van der Waals surface area contributed by atoms with E-state index in [4.69, 9.17) is 21.3 Å². The average Bonchev–Trinajstić information content (AvgIpc) is 3.38. The Balaban J connectivity index is 1.49. The van der Waals surface area contributed by atoms with Crippen molar-refractivity contribution < 1.29 is 19.0 Å². The largest absolute Gasteiger partial charge is 0.487 e. The Morgan fingerprint density at radius 3 is 2.83 bits per heavy atom. The van der Waals surface area contributed by atoms with Crippen molar-refractivity contribution in [2.24, 2.45) is 7.05 Å². The molecule has 0 bridgehead atoms. The Morgan fingerprint density at radius 2 is 2.11 bits per heavy atom. The van der Waals surface area contributed by atoms with Crippen LogP contribution in [0.25, 0.3) is 22.3 Å². The Bertz CT molecular complexity index is 1440. The summed E-state index contributed by atoms with van der Waals surface area (Å²) < 4.78 is 22.1. The maximum absolute atomic E-state index is 14.2. The molecule has 0 spiro atoms. The number of fused-ring (bicyclic) bond motifs is 1. The van der Waals surface area contributed by atoms with Crippen LogP contribution in [-0.2, 0) is 25.0 Å². The summed E-state index contributed by atoms with van der Waals surface area (Å²) in [6.07, 6.45) is 0.828. The van der Waals surface area contributed by atoms with Crippen LogP contribution < -0.4 is 4.74 Å². The van der Waals surface area contributed by atoms with E-state index in [1.165, 1.54) is 23.4 Å². The second-order valence-corrected chi connectivity index (χ2v) is 8.96. The lowest BCUT2D eigenvalue weighted by Crippen LogP contribution is -2.29. The van der Waals surface area contributed by atoms with E-state index in [-0.39, 0.29) is 24.1 Å². The topological polar surface area (TPSA) is 93.4 Å². The first-order valence-electron chi connectivity index (χ1n) is 11.1. The van der Waals surface area contributed by atoms with E-state index in [1.807, 2.05) is 38.2 Å². The maximum Gasteiger partial charge on any atom is 0.251 e. The summed E-state index contributed by atoms with van der Waals surface area (Å²) in [4.78, 5) is 22.8. The minimum Gasteiger partial charge on any atom is -0.487 e. The second kappa shape index (κ2) is 9.24. The first kappa shape index (κ1) is 23.2. The first-order valence-corrected chi connectivity index (χ1v) is 11.5. The van der Waals surface area contributed by atoms with Crippen molar-refractivity contribution in [3.8, 4) is 17.1 Å². The normalized spacial score (nSPS) is 15.9. The van der Waals surface area contributed by atoms with Crippen LogP contribution in [0.1, 0.15) is 23.2 Å². The summed E-state index contributed by atoms with van der Waals surface area (Å²) in [5.41, 5.74) is 3.42. The zero-order valence-corrected chi connectivity index (χ0v) is 20.0. The Morgan fingerprint density at radius 1 is 1.29 bits per heavy atom. The summed E-state index contributed by atoms with van der Waals surface area (Å²) in [7, 11) is 1.83. The summed E-state index contributed by atoms with van der Waals surface area (Å²) in [5.74, 6) is 0.367. The summed E-state index contributed by atoms with van der Waals surface area (Å²) in [6, 6.07) is 10.1. The number of nitrogens with zero attached hydrogens (tertiary/aromatic N) is 5. The standard InChI is InChI=1S/C25H23ClFN5O3/c1-14-8-18(24-28-13-29-31(24)2)17-4-3-5-22(23(17)30-14)35-12-19-15(9-16(27)10-20(19)26)11-32-7-6-21(33)25(32)34/h3-5,8-10,13,21,33H,6-7,11-12H2,1-2H3. The molecule has 1 aliphatic heterocycles. The number of carbonyl (C=O) groups excluding carboxylic acids is 1. The number of aliphatic hydroxyl groups excluding tert-OH is 1. The van der Waals surface area contributed by atoms with Crippen LogP contribution in [0.2, 0.25) is 5.02 Å². The highest BCUT2D eigenvalue weighted by atomic mass is 35.5. The smallest absolute Gasteiger partial charge is 0.251 e. The van der Waals surface area contributed by atoms with Gasteiger partial charge < -0.3 is 14.7 Å². The molecule has 1 amide bonds. The number of halogens is 2. The molecule has 2 aromatic heterocycles. The zero-order valence-electron chi connectivity index (χ0n) is 19.2. The van der Waals surface area contributed by atoms with Gasteiger partial charge in [0.1, 0.15) is 36.1 Å². The molecule has 2 aromatic carbocycles. The summed E-state index contributed by atoms with van der Waals surface area (Å²) in [5, 5.41) is 15.0. The van der Waals surface area contributed by atoms with Gasteiger partial charge in [-0.05, 0) is 43.2 Å². The number of aromatic nitrogens is 4. The Hall–Kier alpha value is -3.56. The molecule has 1 N–H and O–H groups in total. The SMILES string of the molecule is Cc1cc(-c2ncnn2C)c2cccc(OCc3c(Cl)cc(F)cc3CN3CCC(O)C3=O)c2n1. The molecule has 8 nitrogen and oxygen atoms in total. The highest BCUT2D eigenvalue weighted by Gasteiger charge is 2.30. The highest BCUT2D eigenvalue weighted by Crippen LogP contribution is 2.33. The molecule has 1 atom stereocenters. The van der Waals surface area contributed by atoms with Crippen LogP contribution in [0, 0.1) is 12.7 Å². The molecule has 5 rings (SSSR count). The minimum atomic E-state index is -1.02. The lowest BCUT2D eigenvalue weighted by atomic mass is 10.1. The quantitative estimate of drug-likeness (QED) is 0.437. The van der Waals surface area contributed by atoms with Crippen molar-refractivity contribution >= 4 is 28.4 Å². The van der Waals surface area contributed by atoms with E-state index in [1.54, 1.807) is 4.68 Å². The predicted octanol–water partition coefficient (Wildman–Crippen LogP) is 3.80. The Labute approximate surface area is 205 Å². The van der Waals surface area contributed by atoms with Crippen molar-refractivity contribution in [3.63, 3.8) is 0 Å². The van der Waals surface area contributed by atoms with Gasteiger partial charge in [0.2, 0.25) is 0 Å². The maximum atomic E-state index is 14.2. The monoisotopic (exact) mass is 495 g/mol. The van der Waals surface area contributed by atoms with Gasteiger partial charge in [-0.15, -0.1) is 0 Å². The summed E-state index contributed by atoms with van der Waals surface area (Å²) in [6.45, 7) is 2.47. The van der Waals surface area contributed by atoms with Crippen LogP contribution in [0.15, 0.2) is 42.7 Å². The van der Waals surface area contributed by atoms with Gasteiger partial charge in [0.05, 0.1) is 5.02 Å². The fourth-order valence-corrected chi connectivity index (χ4v) is 4.67. The van der Waals surface area contributed by atoms with E-state index in [0.717, 1.165) is 16.6 Å². The number of hydrogen-bond acceptors (Lipinski definition) is 6. The van der Waals surface area contributed by atoms with E-state index >= 15 is 0 Å². The van der Waals surface area contributed by atoms with E-state index in [0.29, 0.717) is 41.2 Å². The predicted molar refractivity (Wildman–Crippen MR) is 128 cm³/mol. The Kier molecular flexibility index (Phi) is 6.12. The molecule has 3 heterocycles. The molecule has 1 unspecified atom stereocenters. The van der Waals surface area contributed by atoms with Crippen molar-refractivity contribution in [1.82, 2.24) is 24.6 Å². The number of amides is 1. The third-order valence-electron chi connectivity index (χ3n) is 6.14. The van der Waals surface area contributed by atoms with Crippen LogP contribution in [0.3, 0.4) is 0 Å². The molecule has 1 saturated heterocycles. The van der Waals surface area contributed by atoms with Gasteiger partial charge in [-0.3, -0.25) is 4.79 Å². The molecule has 4 aromatic rings. The van der Waals surface area contributed by atoms with Gasteiger partial charge in [-0.1, -0.05) is 23.7 Å². The van der Waals surface area contributed by atoms with E-state index in [9.17, 15) is 14.3 Å². The van der Waals surface area contributed by atoms with Crippen molar-refractivity contribution in [1.29, 1.82) is 0 Å². The molecule has 10 heteroatoms. The zero-order chi connectivity index (χ0) is 24.7. The number of pyridine rings is 1. The first-order chi connectivity index (χ1) is 16.8. The molecule has 0 aliphatic carbocycles.